The Morgan fingerprint density at radius 3 is 1.95 bits per heavy atom. The largest absolute Gasteiger partial charge is 0.352 e. The van der Waals surface area contributed by atoms with E-state index in [4.69, 9.17) is 0 Å². The number of sulfonamides is 1. The molecule has 2 amide bonds. The first kappa shape index (κ1) is 30.9. The summed E-state index contributed by atoms with van der Waals surface area (Å²) in [5.74, 6) is -0.663. The molecule has 0 aliphatic rings. The van der Waals surface area contributed by atoms with E-state index < -0.39 is 28.5 Å². The normalized spacial score (nSPS) is 12.8. The molecular formula is C32H41N3O4S. The summed E-state index contributed by atoms with van der Waals surface area (Å²) in [6, 6.07) is 24.3. The van der Waals surface area contributed by atoms with E-state index in [1.54, 1.807) is 35.2 Å². The number of aryl methyl sites for hydroxylation is 1. The number of benzene rings is 3. The van der Waals surface area contributed by atoms with Crippen molar-refractivity contribution in [3.8, 4) is 0 Å². The Labute approximate surface area is 239 Å². The molecule has 214 valence electrons. The van der Waals surface area contributed by atoms with Crippen LogP contribution in [0.15, 0.2) is 89.8 Å². The molecule has 0 aliphatic carbocycles. The summed E-state index contributed by atoms with van der Waals surface area (Å²) in [6.45, 7) is 7.66. The zero-order valence-electron chi connectivity index (χ0n) is 23.9. The van der Waals surface area contributed by atoms with Gasteiger partial charge in [-0.25, -0.2) is 8.42 Å². The quantitative estimate of drug-likeness (QED) is 0.292. The molecule has 0 unspecified atom stereocenters. The van der Waals surface area contributed by atoms with Gasteiger partial charge in [0.25, 0.3) is 10.0 Å². The SMILES string of the molecule is CCc1ccc(N(CC(=O)N(CCc2ccccc2)[C@@H](CC)C(=O)N[C@@H](C)CC)S(=O)(=O)c2ccccc2)cc1. The van der Waals surface area contributed by atoms with Crippen molar-refractivity contribution in [2.24, 2.45) is 0 Å². The number of nitrogens with zero attached hydrogens (tertiary/aromatic N) is 2. The Kier molecular flexibility index (Phi) is 11.3. The summed E-state index contributed by atoms with van der Waals surface area (Å²) in [7, 11) is -4.06. The predicted molar refractivity (Wildman–Crippen MR) is 161 cm³/mol. The zero-order chi connectivity index (χ0) is 29.1. The molecule has 1 N–H and O–H groups in total. The number of rotatable bonds is 14. The third-order valence-corrected chi connectivity index (χ3v) is 8.90. The first-order valence-electron chi connectivity index (χ1n) is 14.0. The van der Waals surface area contributed by atoms with E-state index in [0.717, 1.165) is 28.3 Å². The number of hydrogen-bond acceptors (Lipinski definition) is 4. The minimum atomic E-state index is -4.06. The van der Waals surface area contributed by atoms with Gasteiger partial charge in [0.05, 0.1) is 10.6 Å². The molecule has 7 nitrogen and oxygen atoms in total. The fourth-order valence-corrected chi connectivity index (χ4v) is 5.92. The van der Waals surface area contributed by atoms with Gasteiger partial charge in [-0.2, -0.15) is 0 Å². The zero-order valence-corrected chi connectivity index (χ0v) is 24.7. The Hall–Kier alpha value is -3.65. The Bertz CT molecular complexity index is 1330. The molecular weight excluding hydrogens is 522 g/mol. The van der Waals surface area contributed by atoms with Crippen LogP contribution in [-0.4, -0.2) is 50.3 Å². The molecule has 3 rings (SSSR count). The van der Waals surface area contributed by atoms with Gasteiger partial charge in [0.1, 0.15) is 12.6 Å². The van der Waals surface area contributed by atoms with Crippen molar-refractivity contribution in [1.29, 1.82) is 0 Å². The van der Waals surface area contributed by atoms with Crippen molar-refractivity contribution >= 4 is 27.5 Å². The van der Waals surface area contributed by atoms with Gasteiger partial charge in [-0.15, -0.1) is 0 Å². The minimum Gasteiger partial charge on any atom is -0.352 e. The molecule has 0 saturated carbocycles. The Morgan fingerprint density at radius 1 is 0.800 bits per heavy atom. The maximum atomic E-state index is 14.0. The second-order valence-electron chi connectivity index (χ2n) is 9.91. The summed E-state index contributed by atoms with van der Waals surface area (Å²) in [6.07, 6.45) is 2.51. The Balaban J connectivity index is 1.99. The Morgan fingerprint density at radius 2 is 1.40 bits per heavy atom. The summed E-state index contributed by atoms with van der Waals surface area (Å²) in [5, 5.41) is 3.00. The fraction of sp³-hybridized carbons (Fsp3) is 0.375. The van der Waals surface area contributed by atoms with Crippen molar-refractivity contribution in [3.63, 3.8) is 0 Å². The molecule has 8 heteroatoms. The van der Waals surface area contributed by atoms with E-state index in [2.05, 4.69) is 5.32 Å². The number of anilines is 1. The van der Waals surface area contributed by atoms with E-state index in [1.807, 2.05) is 70.2 Å². The highest BCUT2D eigenvalue weighted by Crippen LogP contribution is 2.25. The molecule has 0 fully saturated rings. The number of carbonyl (C=O) groups is 2. The average molecular weight is 564 g/mol. The number of hydrogen-bond donors (Lipinski definition) is 1. The van der Waals surface area contributed by atoms with Crippen LogP contribution in [0.2, 0.25) is 0 Å². The molecule has 3 aromatic carbocycles. The van der Waals surface area contributed by atoms with Crippen LogP contribution in [0.1, 0.15) is 51.7 Å². The molecule has 3 aromatic rings. The highest BCUT2D eigenvalue weighted by Gasteiger charge is 2.33. The molecule has 0 saturated heterocycles. The third-order valence-electron chi connectivity index (χ3n) is 7.11. The van der Waals surface area contributed by atoms with E-state index >= 15 is 0 Å². The minimum absolute atomic E-state index is 0.0420. The average Bonchev–Trinajstić information content (AvgIpc) is 2.98. The van der Waals surface area contributed by atoms with Crippen molar-refractivity contribution in [2.45, 2.75) is 70.4 Å². The summed E-state index contributed by atoms with van der Waals surface area (Å²) >= 11 is 0. The molecule has 0 aromatic heterocycles. The maximum Gasteiger partial charge on any atom is 0.264 e. The van der Waals surface area contributed by atoms with Gasteiger partial charge in [-0.1, -0.05) is 81.4 Å². The van der Waals surface area contributed by atoms with E-state index in [-0.39, 0.29) is 23.4 Å². The molecule has 0 aliphatic heterocycles. The summed E-state index contributed by atoms with van der Waals surface area (Å²) in [4.78, 5) is 29.0. The van der Waals surface area contributed by atoms with Gasteiger partial charge < -0.3 is 10.2 Å². The third kappa shape index (κ3) is 7.94. The highest BCUT2D eigenvalue weighted by molar-refractivity contribution is 7.92. The van der Waals surface area contributed by atoms with Crippen LogP contribution in [-0.2, 0) is 32.5 Å². The van der Waals surface area contributed by atoms with Crippen LogP contribution in [0.3, 0.4) is 0 Å². The second-order valence-corrected chi connectivity index (χ2v) is 11.8. The molecule has 0 bridgehead atoms. The van der Waals surface area contributed by atoms with Crippen molar-refractivity contribution in [1.82, 2.24) is 10.2 Å². The van der Waals surface area contributed by atoms with Crippen LogP contribution in [0.5, 0.6) is 0 Å². The lowest BCUT2D eigenvalue weighted by molar-refractivity contribution is -0.139. The predicted octanol–water partition coefficient (Wildman–Crippen LogP) is 5.21. The van der Waals surface area contributed by atoms with Crippen LogP contribution in [0.25, 0.3) is 0 Å². The number of nitrogens with one attached hydrogen (secondary N) is 1. The lowest BCUT2D eigenvalue weighted by atomic mass is 10.1. The molecule has 2 atom stereocenters. The van der Waals surface area contributed by atoms with E-state index in [0.29, 0.717) is 18.5 Å². The number of amides is 2. The molecule has 40 heavy (non-hydrogen) atoms. The molecule has 0 spiro atoms. The standard InChI is InChI=1S/C32H41N3O4S/c1-5-25(4)33-32(37)30(7-3)34(23-22-27-14-10-8-11-15-27)31(36)24-35(28-20-18-26(6-2)19-21-28)40(38,39)29-16-12-9-13-17-29/h8-21,25,30H,5-7,22-24H2,1-4H3,(H,33,37)/t25-,30-/m0/s1. The number of carbonyl (C=O) groups excluding carboxylic acids is 2. The van der Waals surface area contributed by atoms with Gasteiger partial charge in [-0.3, -0.25) is 13.9 Å². The van der Waals surface area contributed by atoms with E-state index in [9.17, 15) is 18.0 Å². The summed E-state index contributed by atoms with van der Waals surface area (Å²) in [5.41, 5.74) is 2.49. The monoisotopic (exact) mass is 563 g/mol. The molecule has 0 radical (unpaired) electrons. The topological polar surface area (TPSA) is 86.8 Å². The fourth-order valence-electron chi connectivity index (χ4n) is 4.48. The van der Waals surface area contributed by atoms with Crippen LogP contribution >= 0.6 is 0 Å². The van der Waals surface area contributed by atoms with Crippen molar-refractivity contribution in [3.05, 3.63) is 96.1 Å². The van der Waals surface area contributed by atoms with Crippen molar-refractivity contribution < 1.29 is 18.0 Å². The van der Waals surface area contributed by atoms with Gasteiger partial charge >= 0.3 is 0 Å². The second kappa shape index (κ2) is 14.7. The first-order chi connectivity index (χ1) is 19.2. The highest BCUT2D eigenvalue weighted by atomic mass is 32.2. The van der Waals surface area contributed by atoms with Gasteiger partial charge in [0.15, 0.2) is 0 Å². The van der Waals surface area contributed by atoms with Crippen LogP contribution in [0, 0.1) is 0 Å². The lowest BCUT2D eigenvalue weighted by Crippen LogP contribution is -2.54. The van der Waals surface area contributed by atoms with Gasteiger partial charge in [-0.05, 0) is 68.0 Å². The van der Waals surface area contributed by atoms with Gasteiger partial charge in [0, 0.05) is 12.6 Å². The van der Waals surface area contributed by atoms with Gasteiger partial charge in [0.2, 0.25) is 11.8 Å². The first-order valence-corrected chi connectivity index (χ1v) is 15.5. The summed E-state index contributed by atoms with van der Waals surface area (Å²) < 4.78 is 28.9. The van der Waals surface area contributed by atoms with E-state index in [1.165, 1.54) is 12.1 Å². The van der Waals surface area contributed by atoms with Crippen LogP contribution in [0.4, 0.5) is 5.69 Å². The van der Waals surface area contributed by atoms with Crippen LogP contribution < -0.4 is 9.62 Å². The maximum absolute atomic E-state index is 14.0. The molecule has 0 heterocycles. The smallest absolute Gasteiger partial charge is 0.264 e. The van der Waals surface area contributed by atoms with Crippen molar-refractivity contribution in [2.75, 3.05) is 17.4 Å². The lowest BCUT2D eigenvalue weighted by Gasteiger charge is -2.33.